The van der Waals surface area contributed by atoms with Gasteiger partial charge in [0.2, 0.25) is 11.8 Å². The largest absolute Gasteiger partial charge is 0.355 e. The SMILES string of the molecule is CNC(=O)c1ccc(/C=C/C(=O)N2CCN(C(=O)CCC3CCCC3)CC2)cc1. The van der Waals surface area contributed by atoms with Crippen LogP contribution in [-0.4, -0.2) is 60.7 Å². The lowest BCUT2D eigenvalue weighted by Crippen LogP contribution is -2.50. The van der Waals surface area contributed by atoms with Crippen molar-refractivity contribution < 1.29 is 14.4 Å². The van der Waals surface area contributed by atoms with E-state index in [1.54, 1.807) is 36.2 Å². The number of nitrogens with zero attached hydrogens (tertiary/aromatic N) is 2. The lowest BCUT2D eigenvalue weighted by molar-refractivity contribution is -0.137. The van der Waals surface area contributed by atoms with Crippen molar-refractivity contribution in [3.63, 3.8) is 0 Å². The van der Waals surface area contributed by atoms with Gasteiger partial charge in [-0.2, -0.15) is 0 Å². The molecule has 0 spiro atoms. The molecule has 0 bridgehead atoms. The number of amides is 3. The van der Waals surface area contributed by atoms with Gasteiger partial charge < -0.3 is 15.1 Å². The van der Waals surface area contributed by atoms with Gasteiger partial charge in [0.15, 0.2) is 0 Å². The number of rotatable bonds is 6. The Bertz CT molecular complexity index is 743. The van der Waals surface area contributed by atoms with E-state index in [2.05, 4.69) is 5.32 Å². The van der Waals surface area contributed by atoms with Crippen molar-refractivity contribution >= 4 is 23.8 Å². The third kappa shape index (κ3) is 5.92. The molecule has 1 saturated heterocycles. The molecule has 0 atom stereocenters. The van der Waals surface area contributed by atoms with E-state index in [0.29, 0.717) is 38.2 Å². The molecule has 0 unspecified atom stereocenters. The van der Waals surface area contributed by atoms with Crippen LogP contribution < -0.4 is 5.32 Å². The topological polar surface area (TPSA) is 69.7 Å². The maximum Gasteiger partial charge on any atom is 0.251 e. The first-order valence-electron chi connectivity index (χ1n) is 10.6. The second-order valence-electron chi connectivity index (χ2n) is 7.93. The van der Waals surface area contributed by atoms with Crippen molar-refractivity contribution in [2.45, 2.75) is 38.5 Å². The van der Waals surface area contributed by atoms with Crippen LogP contribution in [0.1, 0.15) is 54.4 Å². The number of hydrogen-bond donors (Lipinski definition) is 1. The molecule has 1 heterocycles. The van der Waals surface area contributed by atoms with Crippen molar-refractivity contribution in [2.24, 2.45) is 5.92 Å². The highest BCUT2D eigenvalue weighted by molar-refractivity contribution is 5.95. The van der Waals surface area contributed by atoms with Gasteiger partial charge in [0, 0.05) is 51.3 Å². The second-order valence-corrected chi connectivity index (χ2v) is 7.93. The van der Waals surface area contributed by atoms with Gasteiger partial charge in [0.05, 0.1) is 0 Å². The molecule has 2 fully saturated rings. The summed E-state index contributed by atoms with van der Waals surface area (Å²) in [6.45, 7) is 2.38. The summed E-state index contributed by atoms with van der Waals surface area (Å²) in [5.74, 6) is 0.791. The Morgan fingerprint density at radius 1 is 1.00 bits per heavy atom. The molecular formula is C23H31N3O3. The molecule has 1 aliphatic carbocycles. The highest BCUT2D eigenvalue weighted by Gasteiger charge is 2.24. The molecule has 3 amide bonds. The summed E-state index contributed by atoms with van der Waals surface area (Å²) in [4.78, 5) is 40.1. The van der Waals surface area contributed by atoms with E-state index in [-0.39, 0.29) is 17.7 Å². The predicted octanol–water partition coefficient (Wildman–Crippen LogP) is 2.70. The van der Waals surface area contributed by atoms with Crippen molar-refractivity contribution in [1.29, 1.82) is 0 Å². The highest BCUT2D eigenvalue weighted by atomic mass is 16.2. The minimum atomic E-state index is -0.132. The molecular weight excluding hydrogens is 366 g/mol. The molecule has 0 radical (unpaired) electrons. The van der Waals surface area contributed by atoms with Crippen molar-refractivity contribution in [3.05, 3.63) is 41.5 Å². The first-order valence-corrected chi connectivity index (χ1v) is 10.6. The van der Waals surface area contributed by atoms with E-state index in [1.807, 2.05) is 17.0 Å². The Morgan fingerprint density at radius 3 is 2.24 bits per heavy atom. The molecule has 2 aliphatic rings. The molecule has 1 aromatic rings. The Balaban J connectivity index is 1.42. The van der Waals surface area contributed by atoms with Crippen LogP contribution in [0.4, 0.5) is 0 Å². The first-order chi connectivity index (χ1) is 14.1. The molecule has 1 saturated carbocycles. The minimum Gasteiger partial charge on any atom is -0.355 e. The average Bonchev–Trinajstić information content (AvgIpc) is 3.29. The Labute approximate surface area is 172 Å². The third-order valence-corrected chi connectivity index (χ3v) is 6.00. The third-order valence-electron chi connectivity index (χ3n) is 6.00. The van der Waals surface area contributed by atoms with Crippen LogP contribution in [0, 0.1) is 5.92 Å². The fourth-order valence-electron chi connectivity index (χ4n) is 4.12. The lowest BCUT2D eigenvalue weighted by Gasteiger charge is -2.34. The average molecular weight is 398 g/mol. The number of piperazine rings is 1. The zero-order chi connectivity index (χ0) is 20.6. The Hall–Kier alpha value is -2.63. The zero-order valence-electron chi connectivity index (χ0n) is 17.2. The maximum atomic E-state index is 12.4. The van der Waals surface area contributed by atoms with Crippen molar-refractivity contribution in [1.82, 2.24) is 15.1 Å². The quantitative estimate of drug-likeness (QED) is 0.751. The van der Waals surface area contributed by atoms with Crippen LogP contribution in [0.3, 0.4) is 0 Å². The van der Waals surface area contributed by atoms with Crippen LogP contribution in [0.25, 0.3) is 6.08 Å². The fraction of sp³-hybridized carbons (Fsp3) is 0.522. The fourth-order valence-corrected chi connectivity index (χ4v) is 4.12. The molecule has 29 heavy (non-hydrogen) atoms. The van der Waals surface area contributed by atoms with Gasteiger partial charge in [-0.05, 0) is 36.1 Å². The van der Waals surface area contributed by atoms with Gasteiger partial charge in [-0.15, -0.1) is 0 Å². The molecule has 6 heteroatoms. The van der Waals surface area contributed by atoms with E-state index < -0.39 is 0 Å². The molecule has 156 valence electrons. The normalized spacial score (nSPS) is 17.7. The summed E-state index contributed by atoms with van der Waals surface area (Å²) in [7, 11) is 1.60. The lowest BCUT2D eigenvalue weighted by atomic mass is 10.0. The number of carbonyl (C=O) groups is 3. The zero-order valence-corrected chi connectivity index (χ0v) is 17.2. The monoisotopic (exact) mass is 397 g/mol. The van der Waals surface area contributed by atoms with E-state index in [4.69, 9.17) is 0 Å². The van der Waals surface area contributed by atoms with Gasteiger partial charge in [0.25, 0.3) is 5.91 Å². The minimum absolute atomic E-state index is 0.0431. The summed E-state index contributed by atoms with van der Waals surface area (Å²) >= 11 is 0. The number of carbonyl (C=O) groups excluding carboxylic acids is 3. The molecule has 6 nitrogen and oxygen atoms in total. The van der Waals surface area contributed by atoms with Crippen molar-refractivity contribution in [2.75, 3.05) is 33.2 Å². The summed E-state index contributed by atoms with van der Waals surface area (Å²) in [5, 5.41) is 2.58. The standard InChI is InChI=1S/C23H31N3O3/c1-24-23(29)20-10-6-19(7-11-20)9-13-22(28)26-16-14-25(15-17-26)21(27)12-8-18-4-2-3-5-18/h6-7,9-11,13,18H,2-5,8,12,14-17H2,1H3,(H,24,29)/b13-9+. The van der Waals surface area contributed by atoms with Crippen molar-refractivity contribution in [3.8, 4) is 0 Å². The van der Waals surface area contributed by atoms with Gasteiger partial charge in [0.1, 0.15) is 0 Å². The van der Waals surface area contributed by atoms with Gasteiger partial charge >= 0.3 is 0 Å². The molecule has 1 aromatic carbocycles. The predicted molar refractivity (Wildman–Crippen MR) is 113 cm³/mol. The highest BCUT2D eigenvalue weighted by Crippen LogP contribution is 2.28. The molecule has 1 aliphatic heterocycles. The van der Waals surface area contributed by atoms with E-state index in [0.717, 1.165) is 17.9 Å². The number of hydrogen-bond acceptors (Lipinski definition) is 3. The maximum absolute atomic E-state index is 12.4. The summed E-state index contributed by atoms with van der Waals surface area (Å²) in [6, 6.07) is 7.10. The van der Waals surface area contributed by atoms with Crippen LogP contribution in [0.5, 0.6) is 0 Å². The number of nitrogens with one attached hydrogen (secondary N) is 1. The summed E-state index contributed by atoms with van der Waals surface area (Å²) < 4.78 is 0. The van der Waals surface area contributed by atoms with Crippen LogP contribution >= 0.6 is 0 Å². The van der Waals surface area contributed by atoms with E-state index in [9.17, 15) is 14.4 Å². The van der Waals surface area contributed by atoms with Crippen LogP contribution in [-0.2, 0) is 9.59 Å². The Kier molecular flexibility index (Phi) is 7.44. The van der Waals surface area contributed by atoms with Gasteiger partial charge in [-0.25, -0.2) is 0 Å². The number of benzene rings is 1. The van der Waals surface area contributed by atoms with Gasteiger partial charge in [-0.3, -0.25) is 14.4 Å². The Morgan fingerprint density at radius 2 is 1.62 bits per heavy atom. The molecule has 3 rings (SSSR count). The van der Waals surface area contributed by atoms with Crippen LogP contribution in [0.15, 0.2) is 30.3 Å². The van der Waals surface area contributed by atoms with E-state index >= 15 is 0 Å². The van der Waals surface area contributed by atoms with E-state index in [1.165, 1.54) is 25.7 Å². The smallest absolute Gasteiger partial charge is 0.251 e. The van der Waals surface area contributed by atoms with Crippen LogP contribution in [0.2, 0.25) is 0 Å². The molecule has 0 aromatic heterocycles. The van der Waals surface area contributed by atoms with Gasteiger partial charge in [-0.1, -0.05) is 37.8 Å². The second kappa shape index (κ2) is 10.2. The molecule has 1 N–H and O–H groups in total. The summed E-state index contributed by atoms with van der Waals surface area (Å²) in [6.07, 6.45) is 10.1. The first kappa shape index (κ1) is 21.1. The summed E-state index contributed by atoms with van der Waals surface area (Å²) in [5.41, 5.74) is 1.46.